The largest absolute Gasteiger partial charge is 0.479 e. The predicted molar refractivity (Wildman–Crippen MR) is 108 cm³/mol. The van der Waals surface area contributed by atoms with Crippen LogP contribution in [-0.2, 0) is 4.79 Å². The number of rotatable bonds is 6. The van der Waals surface area contributed by atoms with Gasteiger partial charge in [0.2, 0.25) is 5.75 Å². The first kappa shape index (κ1) is 20.7. The van der Waals surface area contributed by atoms with Gasteiger partial charge in [-0.05, 0) is 25.1 Å². The van der Waals surface area contributed by atoms with Crippen molar-refractivity contribution in [2.75, 3.05) is 0 Å². The molecule has 0 saturated heterocycles. The smallest absolute Gasteiger partial charge is 0.349 e. The Morgan fingerprint density at radius 3 is 2.73 bits per heavy atom. The van der Waals surface area contributed by atoms with E-state index in [0.29, 0.717) is 10.2 Å². The number of ether oxygens (including phenoxy) is 1. The second-order valence-electron chi connectivity index (χ2n) is 6.04. The van der Waals surface area contributed by atoms with Crippen LogP contribution in [0, 0.1) is 10.1 Å². The molecule has 154 valence electrons. The zero-order valence-corrected chi connectivity index (χ0v) is 16.0. The molecule has 12 heteroatoms. The molecule has 0 spiro atoms. The van der Waals surface area contributed by atoms with Crippen molar-refractivity contribution in [3.63, 3.8) is 0 Å². The maximum absolute atomic E-state index is 12.5. The predicted octanol–water partition coefficient (Wildman–Crippen LogP) is 1.99. The molecule has 1 heterocycles. The molecule has 3 rings (SSSR count). The van der Waals surface area contributed by atoms with Gasteiger partial charge in [-0.15, -0.1) is 4.68 Å². The summed E-state index contributed by atoms with van der Waals surface area (Å²) >= 11 is 6.03. The number of aromatic amines is 1. The standard InChI is InChI=1S/C18H13ClN4O7/c1-9(17(25)26)30-15-12(19)6-10(7-14(15)23(28)29)8-20-22-16(24)11-4-2-3-5-13(11)21-18(22)27/h2-9H,1H3,(H,21,27)(H,25,26)/t9-/m0/s1. The maximum Gasteiger partial charge on any atom is 0.349 e. The number of hydrogen-bond acceptors (Lipinski definition) is 7. The highest BCUT2D eigenvalue weighted by Gasteiger charge is 2.24. The number of benzene rings is 2. The number of aromatic nitrogens is 2. The summed E-state index contributed by atoms with van der Waals surface area (Å²) in [6, 6.07) is 8.60. The van der Waals surface area contributed by atoms with Crippen molar-refractivity contribution in [3.05, 3.63) is 77.9 Å². The molecule has 0 unspecified atom stereocenters. The summed E-state index contributed by atoms with van der Waals surface area (Å²) in [7, 11) is 0. The minimum atomic E-state index is -1.38. The topological polar surface area (TPSA) is 157 Å². The summed E-state index contributed by atoms with van der Waals surface area (Å²) in [5.41, 5.74) is -1.66. The van der Waals surface area contributed by atoms with Crippen molar-refractivity contribution < 1.29 is 19.6 Å². The average molecular weight is 433 g/mol. The molecule has 11 nitrogen and oxygen atoms in total. The summed E-state index contributed by atoms with van der Waals surface area (Å²) in [5.74, 6) is -1.75. The van der Waals surface area contributed by atoms with Crippen LogP contribution in [0.15, 0.2) is 51.1 Å². The Morgan fingerprint density at radius 1 is 1.37 bits per heavy atom. The molecule has 30 heavy (non-hydrogen) atoms. The van der Waals surface area contributed by atoms with Crippen molar-refractivity contribution in [1.82, 2.24) is 9.66 Å². The lowest BCUT2D eigenvalue weighted by atomic mass is 10.2. The number of halogens is 1. The summed E-state index contributed by atoms with van der Waals surface area (Å²) in [6.07, 6.45) is -0.343. The van der Waals surface area contributed by atoms with Crippen LogP contribution >= 0.6 is 11.6 Å². The fraction of sp³-hybridized carbons (Fsp3) is 0.111. The van der Waals surface area contributed by atoms with Crippen LogP contribution in [0.2, 0.25) is 5.02 Å². The van der Waals surface area contributed by atoms with Gasteiger partial charge >= 0.3 is 17.3 Å². The molecule has 1 aromatic heterocycles. The SMILES string of the molecule is C[C@H](Oc1c(Cl)cc(C=Nn2c(=O)[nH]c3ccccc3c2=O)cc1[N+](=O)[O-])C(=O)O. The molecule has 2 aromatic carbocycles. The number of hydrogen-bond donors (Lipinski definition) is 2. The van der Waals surface area contributed by atoms with Gasteiger partial charge in [-0.2, -0.15) is 5.10 Å². The maximum atomic E-state index is 12.5. The van der Waals surface area contributed by atoms with Crippen LogP contribution in [0.1, 0.15) is 12.5 Å². The molecular weight excluding hydrogens is 420 g/mol. The number of aliphatic carboxylic acids is 1. The fourth-order valence-electron chi connectivity index (χ4n) is 2.54. The Kier molecular flexibility index (Phi) is 5.65. The summed E-state index contributed by atoms with van der Waals surface area (Å²) in [5, 5.41) is 24.1. The Morgan fingerprint density at radius 2 is 2.07 bits per heavy atom. The number of nitrogens with zero attached hydrogens (tertiary/aromatic N) is 3. The van der Waals surface area contributed by atoms with Crippen molar-refractivity contribution in [2.45, 2.75) is 13.0 Å². The summed E-state index contributed by atoms with van der Waals surface area (Å²) in [4.78, 5) is 48.6. The Hall–Kier alpha value is -3.99. The van der Waals surface area contributed by atoms with Gasteiger partial charge in [0.25, 0.3) is 5.56 Å². The van der Waals surface area contributed by atoms with E-state index in [1.54, 1.807) is 18.2 Å². The number of nitrogens with one attached hydrogen (secondary N) is 1. The lowest BCUT2D eigenvalue weighted by Gasteiger charge is -2.12. The lowest BCUT2D eigenvalue weighted by molar-refractivity contribution is -0.386. The highest BCUT2D eigenvalue weighted by atomic mass is 35.5. The normalized spacial score (nSPS) is 12.2. The van der Waals surface area contributed by atoms with Crippen LogP contribution in [0.5, 0.6) is 5.75 Å². The third kappa shape index (κ3) is 4.05. The number of fused-ring (bicyclic) bond motifs is 1. The Bertz CT molecular complexity index is 1310. The second kappa shape index (κ2) is 8.17. The number of para-hydroxylation sites is 1. The lowest BCUT2D eigenvalue weighted by Crippen LogP contribution is -2.32. The molecule has 0 radical (unpaired) electrons. The van der Waals surface area contributed by atoms with Gasteiger partial charge in [0, 0.05) is 11.6 Å². The minimum absolute atomic E-state index is 0.0847. The highest BCUT2D eigenvalue weighted by molar-refractivity contribution is 6.32. The fourth-order valence-corrected chi connectivity index (χ4v) is 2.80. The Labute approximate surface area is 171 Å². The van der Waals surface area contributed by atoms with Gasteiger partial charge in [0.15, 0.2) is 6.10 Å². The molecule has 0 aliphatic rings. The van der Waals surface area contributed by atoms with E-state index >= 15 is 0 Å². The quantitative estimate of drug-likeness (QED) is 0.342. The van der Waals surface area contributed by atoms with Gasteiger partial charge in [-0.3, -0.25) is 14.9 Å². The third-order valence-corrected chi connectivity index (χ3v) is 4.27. The Balaban J connectivity index is 2.06. The van der Waals surface area contributed by atoms with Crippen molar-refractivity contribution in [2.24, 2.45) is 5.10 Å². The number of carbonyl (C=O) groups is 1. The van der Waals surface area contributed by atoms with E-state index in [2.05, 4.69) is 10.1 Å². The summed E-state index contributed by atoms with van der Waals surface area (Å²) < 4.78 is 5.64. The van der Waals surface area contributed by atoms with Crippen LogP contribution in [0.4, 0.5) is 5.69 Å². The summed E-state index contributed by atoms with van der Waals surface area (Å²) in [6.45, 7) is 1.19. The first-order valence-corrected chi connectivity index (χ1v) is 8.72. The monoisotopic (exact) mass is 432 g/mol. The van der Waals surface area contributed by atoms with E-state index in [0.717, 1.165) is 12.3 Å². The van der Waals surface area contributed by atoms with E-state index in [-0.39, 0.29) is 16.0 Å². The van der Waals surface area contributed by atoms with Crippen LogP contribution in [0.25, 0.3) is 10.9 Å². The number of carboxylic acids is 1. The van der Waals surface area contributed by atoms with E-state index in [1.807, 2.05) is 0 Å². The average Bonchev–Trinajstić information content (AvgIpc) is 2.69. The van der Waals surface area contributed by atoms with Gasteiger partial charge in [-0.25, -0.2) is 9.59 Å². The number of nitro benzene ring substituents is 1. The molecule has 0 bridgehead atoms. The molecule has 0 amide bonds. The van der Waals surface area contributed by atoms with E-state index in [4.69, 9.17) is 21.4 Å². The number of carboxylic acid groups (broad SMARTS) is 1. The van der Waals surface area contributed by atoms with Gasteiger partial charge in [-0.1, -0.05) is 23.7 Å². The van der Waals surface area contributed by atoms with Crippen LogP contribution in [-0.4, -0.2) is 38.0 Å². The molecule has 0 saturated carbocycles. The van der Waals surface area contributed by atoms with Crippen LogP contribution in [0.3, 0.4) is 0 Å². The zero-order chi connectivity index (χ0) is 22.0. The first-order chi connectivity index (χ1) is 14.2. The van der Waals surface area contributed by atoms with Crippen molar-refractivity contribution in [3.8, 4) is 5.75 Å². The zero-order valence-electron chi connectivity index (χ0n) is 15.2. The van der Waals surface area contributed by atoms with E-state index < -0.39 is 39.7 Å². The van der Waals surface area contributed by atoms with Gasteiger partial charge in [0.05, 0.1) is 27.1 Å². The molecule has 1 atom stereocenters. The molecule has 0 aliphatic heterocycles. The molecule has 0 aliphatic carbocycles. The van der Waals surface area contributed by atoms with E-state index in [1.165, 1.54) is 19.1 Å². The molecule has 0 fully saturated rings. The van der Waals surface area contributed by atoms with Gasteiger partial charge < -0.3 is 14.8 Å². The first-order valence-electron chi connectivity index (χ1n) is 8.35. The highest BCUT2D eigenvalue weighted by Crippen LogP contribution is 2.36. The number of H-pyrrole nitrogens is 1. The minimum Gasteiger partial charge on any atom is -0.479 e. The number of nitro groups is 1. The van der Waals surface area contributed by atoms with Crippen LogP contribution < -0.4 is 16.0 Å². The van der Waals surface area contributed by atoms with Crippen molar-refractivity contribution >= 4 is 40.4 Å². The van der Waals surface area contributed by atoms with Gasteiger partial charge in [0.1, 0.15) is 0 Å². The molecular formula is C18H13ClN4O7. The second-order valence-corrected chi connectivity index (χ2v) is 6.45. The third-order valence-electron chi connectivity index (χ3n) is 3.99. The van der Waals surface area contributed by atoms with Crippen molar-refractivity contribution in [1.29, 1.82) is 0 Å². The molecule has 2 N–H and O–H groups in total. The van der Waals surface area contributed by atoms with E-state index in [9.17, 15) is 24.5 Å². The molecule has 3 aromatic rings.